The van der Waals surface area contributed by atoms with Crippen molar-refractivity contribution in [2.45, 2.75) is 0 Å². The maximum absolute atomic E-state index is 9.43. The molecule has 0 aromatic heterocycles. The molecule has 6 aliphatic rings. The average Bonchev–Trinajstić information content (AvgIpc) is 1.55. The predicted molar refractivity (Wildman–Crippen MR) is 406 cm³/mol. The summed E-state index contributed by atoms with van der Waals surface area (Å²) in [4.78, 5) is 18.3. The minimum atomic E-state index is -2.73. The Hall–Kier alpha value is -11.3. The summed E-state index contributed by atoms with van der Waals surface area (Å²) in [5.41, 5.74) is 18.2. The second kappa shape index (κ2) is 23.2. The number of nitrogens with zero attached hydrogens (tertiary/aromatic N) is 10. The summed E-state index contributed by atoms with van der Waals surface area (Å²) in [5.74, 6) is 0. The van der Waals surface area contributed by atoms with E-state index in [1.54, 1.807) is 0 Å². The number of hydrogen-bond acceptors (Lipinski definition) is 10. The molecule has 13 aromatic rings. The molecule has 0 amide bonds. The predicted octanol–water partition coefficient (Wildman–Crippen LogP) is 20.2. The van der Waals surface area contributed by atoms with E-state index in [0.29, 0.717) is 84.8 Å². The van der Waals surface area contributed by atoms with Crippen LogP contribution < -0.4 is 49.0 Å². The Bertz CT molecular complexity index is 5340. The molecule has 12 heteroatoms. The van der Waals surface area contributed by atoms with E-state index in [9.17, 15) is 16.4 Å². The number of fused-ring (bicyclic) bond motifs is 24. The summed E-state index contributed by atoms with van der Waals surface area (Å²) >= 11 is -3.60. The van der Waals surface area contributed by atoms with Crippen molar-refractivity contribution in [3.8, 4) is 44.5 Å². The average molecular weight is 1640 g/mol. The third kappa shape index (κ3) is 9.45. The van der Waals surface area contributed by atoms with Gasteiger partial charge in [0, 0.05) is 0 Å². The molecule has 0 atom stereocenters. The van der Waals surface area contributed by atoms with Gasteiger partial charge in [-0.1, -0.05) is 0 Å². The standard InChI is InChI=1S/C86H64N10.2Pt/c1-87-57-91(83-37-21-17-33-79(83)87)71-45-65(61-25-9-5-10-26-61)49-75(53-71)95(76-50-66(62-27-11-6-12-28-62)46-72(54-76)92-58-88(2)80-34-18-22-38-84(80)92)69-41-43-70(44-42-69)96(77-51-67(63-29-13-7-14-30-63)47-73(55-77)93-59-89(3)81-35-19-23-39-85(81)93)78-52-68(64-31-15-8-16-32-64)48-74(56-78)94-60-90(4)82-36-20-24-40-86(82)94;;/h5-56H,1-4H3;;/i1D3,2D3,3D3,4D3;;. The fraction of sp³-hybridized carbons (Fsp3) is 0.0465. The molecule has 0 unspecified atom stereocenters. The number of hydrogen-bond donors (Lipinski definition) is 0. The molecule has 478 valence electrons. The van der Waals surface area contributed by atoms with Gasteiger partial charge in [0.15, 0.2) is 0 Å². The van der Waals surface area contributed by atoms with Gasteiger partial charge in [-0.25, -0.2) is 0 Å². The molecule has 13 aromatic carbocycles. The zero-order valence-corrected chi connectivity index (χ0v) is 56.7. The molecule has 0 aliphatic carbocycles. The van der Waals surface area contributed by atoms with Crippen LogP contribution in [0.15, 0.2) is 315 Å². The van der Waals surface area contributed by atoms with Crippen molar-refractivity contribution in [2.75, 3.05) is 76.9 Å². The molecule has 0 saturated carbocycles. The van der Waals surface area contributed by atoms with Gasteiger partial charge < -0.3 is 0 Å². The van der Waals surface area contributed by atoms with Gasteiger partial charge in [0.2, 0.25) is 0 Å². The molecule has 0 spiro atoms. The van der Waals surface area contributed by atoms with Gasteiger partial charge in [-0.15, -0.1) is 0 Å². The van der Waals surface area contributed by atoms with E-state index >= 15 is 0 Å². The van der Waals surface area contributed by atoms with Crippen molar-refractivity contribution in [3.05, 3.63) is 315 Å². The van der Waals surface area contributed by atoms with E-state index in [0.717, 1.165) is 78.6 Å². The first-order valence-electron chi connectivity index (χ1n) is 38.0. The normalized spacial score (nSPS) is 17.3. The summed E-state index contributed by atoms with van der Waals surface area (Å²) in [5, 5.41) is 0. The molecule has 0 saturated heterocycles. The quantitative estimate of drug-likeness (QED) is 0.161. The van der Waals surface area contributed by atoms with E-state index in [-0.39, 0.29) is 0 Å². The third-order valence-electron chi connectivity index (χ3n) is 18.6. The van der Waals surface area contributed by atoms with Crippen molar-refractivity contribution in [1.82, 2.24) is 0 Å². The van der Waals surface area contributed by atoms with Crippen molar-refractivity contribution < 1.29 is 51.7 Å². The monoisotopic (exact) mass is 1640 g/mol. The van der Waals surface area contributed by atoms with Gasteiger partial charge in [0.25, 0.3) is 0 Å². The van der Waals surface area contributed by atoms with Crippen LogP contribution >= 0.6 is 0 Å². The Morgan fingerprint density at radius 3 is 0.592 bits per heavy atom. The van der Waals surface area contributed by atoms with Gasteiger partial charge in [0.1, 0.15) is 0 Å². The summed E-state index contributed by atoms with van der Waals surface area (Å²) in [7, 11) is 0. The SMILES string of the molecule is [2H]C([2H])([2H])N1[C]2=[Pt]=[C]3N(c4cc(-c5ccccc5)cc(c4)N(c4ccc(N5c6cc(-c7ccccc7)cc(c6)N6[C](=[Pt]=[C]7N(c8cc(-c9ccccc9)cc5c8)c5ccccc5N7C([2H])([2H])[2H])N(C([2H])([2H])[2H])c5ccccc56)cc4)c4cc(-c5ccccc5)cc(c4)N2c2ccccc21)c1ccccc1N3C([2H])([2H])[2H]. The van der Waals surface area contributed by atoms with Crippen LogP contribution in [-0.4, -0.2) is 44.5 Å². The van der Waals surface area contributed by atoms with E-state index in [1.807, 2.05) is 189 Å². The van der Waals surface area contributed by atoms with E-state index in [1.165, 1.54) is 19.6 Å². The molecule has 19 rings (SSSR count). The first-order chi connectivity index (χ1) is 53.1. The van der Waals surface area contributed by atoms with E-state index in [4.69, 9.17) is 0 Å². The van der Waals surface area contributed by atoms with E-state index in [2.05, 4.69) is 155 Å². The Morgan fingerprint density at radius 2 is 0.378 bits per heavy atom. The molecule has 8 bridgehead atoms. The minimum absolute atomic E-state index is 0.433. The maximum atomic E-state index is 9.43. The summed E-state index contributed by atoms with van der Waals surface area (Å²) < 4.78 is 115. The molecular formula is C86H64N10Pt2. The van der Waals surface area contributed by atoms with Gasteiger partial charge in [-0.05, 0) is 0 Å². The van der Waals surface area contributed by atoms with Crippen LogP contribution in [0.3, 0.4) is 0 Å². The van der Waals surface area contributed by atoms with Crippen LogP contribution in [0.4, 0.5) is 102 Å². The molecule has 6 aliphatic heterocycles. The molecule has 6 heterocycles. The molecule has 98 heavy (non-hydrogen) atoms. The molecule has 0 fully saturated rings. The Balaban J connectivity index is 0.904. The van der Waals surface area contributed by atoms with Crippen molar-refractivity contribution in [3.63, 3.8) is 0 Å². The Kier molecular flexibility index (Phi) is 11.1. The number of para-hydroxylation sites is 8. The van der Waals surface area contributed by atoms with Crippen molar-refractivity contribution >= 4 is 119 Å². The molecular weight excluding hydrogens is 1560 g/mol. The molecule has 10 nitrogen and oxygen atoms in total. The van der Waals surface area contributed by atoms with Crippen LogP contribution in [0.5, 0.6) is 0 Å². The first-order valence-corrected chi connectivity index (χ1v) is 36.6. The van der Waals surface area contributed by atoms with Crippen molar-refractivity contribution in [2.24, 2.45) is 0 Å². The Morgan fingerprint density at radius 1 is 0.184 bits per heavy atom. The van der Waals surface area contributed by atoms with Gasteiger partial charge >= 0.3 is 608 Å². The van der Waals surface area contributed by atoms with Crippen molar-refractivity contribution in [1.29, 1.82) is 0 Å². The second-order valence-electron chi connectivity index (χ2n) is 24.4. The number of benzene rings is 13. The third-order valence-corrected chi connectivity index (χ3v) is 24.7. The summed E-state index contributed by atoms with van der Waals surface area (Å²) in [6, 6.07) is 104. The number of anilines is 18. The Labute approximate surface area is 603 Å². The molecule has 0 radical (unpaired) electrons. The van der Waals surface area contributed by atoms with Gasteiger partial charge in [-0.3, -0.25) is 0 Å². The fourth-order valence-electron chi connectivity index (χ4n) is 14.1. The summed E-state index contributed by atoms with van der Waals surface area (Å²) in [6.07, 6.45) is 0. The number of rotatable bonds is 6. The topological polar surface area (TPSA) is 32.4 Å². The van der Waals surface area contributed by atoms with E-state index < -0.39 is 63.2 Å². The van der Waals surface area contributed by atoms with Crippen LogP contribution in [-0.2, 0) is 35.3 Å². The van der Waals surface area contributed by atoms with Crippen LogP contribution in [0.1, 0.15) is 16.4 Å². The fourth-order valence-corrected chi connectivity index (χ4v) is 20.4. The van der Waals surface area contributed by atoms with Crippen LogP contribution in [0, 0.1) is 0 Å². The van der Waals surface area contributed by atoms with Crippen LogP contribution in [0.2, 0.25) is 0 Å². The zero-order valence-electron chi connectivity index (χ0n) is 64.1. The molecule has 0 N–H and O–H groups in total. The van der Waals surface area contributed by atoms with Gasteiger partial charge in [0.05, 0.1) is 0 Å². The first kappa shape index (κ1) is 46.8. The zero-order chi connectivity index (χ0) is 75.3. The van der Waals surface area contributed by atoms with Crippen LogP contribution in [0.25, 0.3) is 44.5 Å². The van der Waals surface area contributed by atoms with Gasteiger partial charge in [-0.2, -0.15) is 0 Å². The second-order valence-corrected chi connectivity index (χ2v) is 29.6. The summed E-state index contributed by atoms with van der Waals surface area (Å²) in [6.45, 7) is -10.9.